The van der Waals surface area contributed by atoms with E-state index >= 15 is 0 Å². The van der Waals surface area contributed by atoms with Crippen LogP contribution in [0.3, 0.4) is 0 Å². The van der Waals surface area contributed by atoms with Crippen LogP contribution in [0.25, 0.3) is 0 Å². The Morgan fingerprint density at radius 2 is 2.14 bits per heavy atom. The molecule has 146 valence electrons. The maximum atomic E-state index is 13.3. The van der Waals surface area contributed by atoms with Gasteiger partial charge >= 0.3 is 6.03 Å². The Balaban J connectivity index is 1.52. The van der Waals surface area contributed by atoms with Crippen molar-refractivity contribution in [1.82, 2.24) is 15.2 Å². The highest BCUT2D eigenvalue weighted by atomic mass is 19.1. The van der Waals surface area contributed by atoms with Crippen molar-refractivity contribution < 1.29 is 23.5 Å². The minimum Gasteiger partial charge on any atom is -0.481 e. The van der Waals surface area contributed by atoms with E-state index in [0.29, 0.717) is 17.1 Å². The van der Waals surface area contributed by atoms with E-state index in [-0.39, 0.29) is 25.3 Å². The molecule has 1 aromatic carbocycles. The molecule has 0 radical (unpaired) electrons. The summed E-state index contributed by atoms with van der Waals surface area (Å²) in [7, 11) is 1.49. The Kier molecular flexibility index (Phi) is 5.83. The maximum Gasteiger partial charge on any atom is 0.325 e. The van der Waals surface area contributed by atoms with Crippen molar-refractivity contribution in [2.45, 2.75) is 25.4 Å². The molecule has 2 aromatic rings. The molecule has 8 nitrogen and oxygen atoms in total. The summed E-state index contributed by atoms with van der Waals surface area (Å²) in [5.41, 5.74) is 1.01. The van der Waals surface area contributed by atoms with Crippen molar-refractivity contribution in [2.24, 2.45) is 0 Å². The fourth-order valence-electron chi connectivity index (χ4n) is 2.81. The van der Waals surface area contributed by atoms with E-state index in [1.165, 1.54) is 31.5 Å². The van der Waals surface area contributed by atoms with Gasteiger partial charge < -0.3 is 15.4 Å². The third-order valence-electron chi connectivity index (χ3n) is 4.23. The zero-order valence-electron chi connectivity index (χ0n) is 15.1. The first kappa shape index (κ1) is 19.3. The summed E-state index contributed by atoms with van der Waals surface area (Å²) in [5.74, 6) is -0.757. The Hall–Kier alpha value is -3.49. The molecule has 2 N–H and O–H groups in total. The molecule has 1 atom stereocenters. The number of halogens is 1. The zero-order chi connectivity index (χ0) is 20.1. The van der Waals surface area contributed by atoms with Crippen LogP contribution in [0.2, 0.25) is 0 Å². The summed E-state index contributed by atoms with van der Waals surface area (Å²) < 4.78 is 18.2. The van der Waals surface area contributed by atoms with Gasteiger partial charge in [0.1, 0.15) is 11.9 Å². The van der Waals surface area contributed by atoms with Gasteiger partial charge in [-0.05, 0) is 30.2 Å². The van der Waals surface area contributed by atoms with Gasteiger partial charge in [-0.1, -0.05) is 12.1 Å². The Labute approximate surface area is 160 Å². The number of benzene rings is 1. The molecule has 1 aliphatic rings. The highest BCUT2D eigenvalue weighted by Gasteiger charge is 2.37. The van der Waals surface area contributed by atoms with Gasteiger partial charge in [-0.2, -0.15) is 0 Å². The minimum absolute atomic E-state index is 0.0252. The average Bonchev–Trinajstić information content (AvgIpc) is 2.94. The summed E-state index contributed by atoms with van der Waals surface area (Å²) in [6.45, 7) is -0.0252. The highest BCUT2D eigenvalue weighted by molar-refractivity contribution is 6.04. The summed E-state index contributed by atoms with van der Waals surface area (Å²) in [5, 5.41) is 5.22. The first-order valence-electron chi connectivity index (χ1n) is 8.62. The van der Waals surface area contributed by atoms with E-state index in [2.05, 4.69) is 15.6 Å². The second-order valence-electron chi connectivity index (χ2n) is 6.23. The minimum atomic E-state index is -0.791. The van der Waals surface area contributed by atoms with Crippen molar-refractivity contribution in [3.63, 3.8) is 0 Å². The van der Waals surface area contributed by atoms with Gasteiger partial charge in [-0.25, -0.2) is 14.2 Å². The lowest BCUT2D eigenvalue weighted by Crippen LogP contribution is -2.31. The standard InChI is InChI=1S/C19H19FN4O4/c1-28-17-8-5-14(10-21-17)22-16(25)7-6-15-18(26)24(19(27)23-15)11-12-3-2-4-13(20)9-12/h2-5,8-10,15H,6-7,11H2,1H3,(H,22,25)(H,23,27)/t15-/m1/s1. The van der Waals surface area contributed by atoms with Gasteiger partial charge in [0.25, 0.3) is 5.91 Å². The van der Waals surface area contributed by atoms with Crippen LogP contribution < -0.4 is 15.4 Å². The Morgan fingerprint density at radius 3 is 2.82 bits per heavy atom. The van der Waals surface area contributed by atoms with Crippen LogP contribution in [0.4, 0.5) is 14.9 Å². The molecule has 1 aliphatic heterocycles. The van der Waals surface area contributed by atoms with Crippen LogP contribution in [-0.2, 0) is 16.1 Å². The molecule has 0 unspecified atom stereocenters. The SMILES string of the molecule is COc1ccc(NC(=O)CC[C@H]2NC(=O)N(Cc3cccc(F)c3)C2=O)cn1. The molecule has 3 rings (SSSR count). The normalized spacial score (nSPS) is 16.1. The molecular weight excluding hydrogens is 367 g/mol. The number of hydrogen-bond acceptors (Lipinski definition) is 5. The number of aromatic nitrogens is 1. The number of nitrogens with zero attached hydrogens (tertiary/aromatic N) is 2. The first-order valence-corrected chi connectivity index (χ1v) is 8.62. The number of methoxy groups -OCH3 is 1. The molecule has 0 saturated carbocycles. The monoisotopic (exact) mass is 386 g/mol. The second-order valence-corrected chi connectivity index (χ2v) is 6.23. The Bertz CT molecular complexity index is 888. The van der Waals surface area contributed by atoms with Gasteiger partial charge in [-0.3, -0.25) is 14.5 Å². The molecule has 1 aromatic heterocycles. The van der Waals surface area contributed by atoms with Crippen molar-refractivity contribution in [3.05, 3.63) is 54.0 Å². The lowest BCUT2D eigenvalue weighted by Gasteiger charge is -2.13. The van der Waals surface area contributed by atoms with Crippen LogP contribution in [-0.4, -0.2) is 40.9 Å². The molecular formula is C19H19FN4O4. The summed E-state index contributed by atoms with van der Waals surface area (Å²) in [6.07, 6.45) is 1.65. The third kappa shape index (κ3) is 4.61. The van der Waals surface area contributed by atoms with E-state index in [1.807, 2.05) is 0 Å². The van der Waals surface area contributed by atoms with Crippen LogP contribution in [0, 0.1) is 5.82 Å². The average molecular weight is 386 g/mol. The quantitative estimate of drug-likeness (QED) is 0.710. The number of amides is 4. The summed E-state index contributed by atoms with van der Waals surface area (Å²) >= 11 is 0. The molecule has 1 fully saturated rings. The topological polar surface area (TPSA) is 101 Å². The molecule has 2 heterocycles. The molecule has 0 spiro atoms. The predicted molar refractivity (Wildman–Crippen MR) is 97.9 cm³/mol. The lowest BCUT2D eigenvalue weighted by molar-refractivity contribution is -0.128. The van der Waals surface area contributed by atoms with Crippen LogP contribution >= 0.6 is 0 Å². The molecule has 28 heavy (non-hydrogen) atoms. The molecule has 1 saturated heterocycles. The lowest BCUT2D eigenvalue weighted by atomic mass is 10.1. The van der Waals surface area contributed by atoms with Crippen LogP contribution in [0.5, 0.6) is 5.88 Å². The number of anilines is 1. The number of hydrogen-bond donors (Lipinski definition) is 2. The van der Waals surface area contributed by atoms with Crippen molar-refractivity contribution >= 4 is 23.5 Å². The fraction of sp³-hybridized carbons (Fsp3) is 0.263. The van der Waals surface area contributed by atoms with Crippen LogP contribution in [0.1, 0.15) is 18.4 Å². The first-order chi connectivity index (χ1) is 13.5. The summed E-state index contributed by atoms with van der Waals surface area (Å²) in [4.78, 5) is 41.6. The number of urea groups is 1. The van der Waals surface area contributed by atoms with Gasteiger partial charge in [-0.15, -0.1) is 0 Å². The number of rotatable bonds is 7. The van der Waals surface area contributed by atoms with E-state index in [9.17, 15) is 18.8 Å². The van der Waals surface area contributed by atoms with Crippen molar-refractivity contribution in [2.75, 3.05) is 12.4 Å². The molecule has 4 amide bonds. The van der Waals surface area contributed by atoms with Crippen molar-refractivity contribution in [1.29, 1.82) is 0 Å². The highest BCUT2D eigenvalue weighted by Crippen LogP contribution is 2.17. The predicted octanol–water partition coefficient (Wildman–Crippen LogP) is 2.07. The van der Waals surface area contributed by atoms with Gasteiger partial charge in [0.05, 0.1) is 25.5 Å². The van der Waals surface area contributed by atoms with E-state index in [1.54, 1.807) is 18.2 Å². The second kappa shape index (κ2) is 8.47. The maximum absolute atomic E-state index is 13.3. The molecule has 0 aliphatic carbocycles. The van der Waals surface area contributed by atoms with Gasteiger partial charge in [0.2, 0.25) is 11.8 Å². The molecule has 0 bridgehead atoms. The number of carbonyl (C=O) groups is 3. The largest absolute Gasteiger partial charge is 0.481 e. The van der Waals surface area contributed by atoms with E-state index in [0.717, 1.165) is 4.90 Å². The number of imide groups is 1. The zero-order valence-corrected chi connectivity index (χ0v) is 15.1. The third-order valence-corrected chi connectivity index (χ3v) is 4.23. The summed E-state index contributed by atoms with van der Waals surface area (Å²) in [6, 6.07) is 7.61. The molecule has 9 heteroatoms. The number of pyridine rings is 1. The number of nitrogens with one attached hydrogen (secondary N) is 2. The van der Waals surface area contributed by atoms with E-state index < -0.39 is 23.8 Å². The van der Waals surface area contributed by atoms with Gasteiger partial charge in [0.15, 0.2) is 0 Å². The fourth-order valence-corrected chi connectivity index (χ4v) is 2.81. The Morgan fingerprint density at radius 1 is 1.32 bits per heavy atom. The number of ether oxygens (including phenoxy) is 1. The van der Waals surface area contributed by atoms with E-state index in [4.69, 9.17) is 4.74 Å². The van der Waals surface area contributed by atoms with Crippen molar-refractivity contribution in [3.8, 4) is 5.88 Å². The van der Waals surface area contributed by atoms with Gasteiger partial charge in [0, 0.05) is 12.5 Å². The number of carbonyl (C=O) groups excluding carboxylic acids is 3. The smallest absolute Gasteiger partial charge is 0.325 e. The van der Waals surface area contributed by atoms with Crippen LogP contribution in [0.15, 0.2) is 42.6 Å².